The van der Waals surface area contributed by atoms with Crippen LogP contribution in [0.5, 0.6) is 0 Å². The summed E-state index contributed by atoms with van der Waals surface area (Å²) in [6, 6.07) is 30.6. The van der Waals surface area contributed by atoms with Gasteiger partial charge in [0.25, 0.3) is 0 Å². The molecule has 0 amide bonds. The first-order chi connectivity index (χ1) is 16.5. The fourth-order valence-corrected chi connectivity index (χ4v) is 6.06. The summed E-state index contributed by atoms with van der Waals surface area (Å²) in [5.74, 6) is 0. The molecule has 0 N–H and O–H groups in total. The largest absolute Gasteiger partial charge is 0.369 e. The predicted octanol–water partition coefficient (Wildman–Crippen LogP) is 7.28. The fourth-order valence-electron chi connectivity index (χ4n) is 6.06. The topological polar surface area (TPSA) is 17.4 Å². The third-order valence-electron chi connectivity index (χ3n) is 7.80. The molecule has 3 aromatic carbocycles. The number of rotatable bonds is 7. The summed E-state index contributed by atoms with van der Waals surface area (Å²) in [6.45, 7) is 4.53. The molecule has 0 aliphatic carbocycles. The van der Waals surface area contributed by atoms with Gasteiger partial charge in [-0.15, -0.1) is 0 Å². The molecule has 0 saturated heterocycles. The number of aromatic nitrogens is 1. The molecule has 2 heterocycles. The average Bonchev–Trinajstić information content (AvgIpc) is 3.20. The van der Waals surface area contributed by atoms with Crippen molar-refractivity contribution in [2.24, 2.45) is 0 Å². The molecule has 1 aromatic heterocycles. The van der Waals surface area contributed by atoms with Crippen molar-refractivity contribution in [3.05, 3.63) is 102 Å². The second-order valence-corrected chi connectivity index (χ2v) is 9.88. The Balaban J connectivity index is 1.60. The molecule has 0 fully saturated rings. The number of nitrogens with zero attached hydrogens (tertiary/aromatic N) is 2. The molecule has 0 bridgehead atoms. The molecule has 3 unspecified atom stereocenters. The zero-order chi connectivity index (χ0) is 23.7. The third-order valence-corrected chi connectivity index (χ3v) is 7.80. The van der Waals surface area contributed by atoms with Crippen LogP contribution in [0.15, 0.2) is 84.9 Å². The van der Waals surface area contributed by atoms with Crippen molar-refractivity contribution in [1.82, 2.24) is 9.47 Å². The van der Waals surface area contributed by atoms with Crippen molar-refractivity contribution in [2.45, 2.75) is 57.3 Å². The molecule has 176 valence electrons. The lowest BCUT2D eigenvalue weighted by Gasteiger charge is -2.42. The average molecular weight is 453 g/mol. The summed E-state index contributed by atoms with van der Waals surface area (Å²) in [5.41, 5.74) is 6.64. The molecule has 3 heteroatoms. The Morgan fingerprint density at radius 2 is 1.56 bits per heavy atom. The molecule has 1 aliphatic rings. The van der Waals surface area contributed by atoms with Crippen molar-refractivity contribution in [2.75, 3.05) is 14.1 Å². The first kappa shape index (κ1) is 22.9. The van der Waals surface area contributed by atoms with E-state index >= 15 is 0 Å². The lowest BCUT2D eigenvalue weighted by molar-refractivity contribution is -0.0323. The quantitative estimate of drug-likeness (QED) is 0.293. The van der Waals surface area contributed by atoms with E-state index in [9.17, 15) is 0 Å². The number of hydrogen-bond donors (Lipinski definition) is 0. The Kier molecular flexibility index (Phi) is 6.33. The van der Waals surface area contributed by atoms with Crippen LogP contribution in [0.1, 0.15) is 56.0 Å². The summed E-state index contributed by atoms with van der Waals surface area (Å²) >= 11 is 0. The van der Waals surface area contributed by atoms with Crippen LogP contribution in [0.4, 0.5) is 0 Å². The van der Waals surface area contributed by atoms with E-state index in [1.54, 1.807) is 0 Å². The Labute approximate surface area is 204 Å². The second kappa shape index (κ2) is 9.40. The number of fused-ring (bicyclic) bond motifs is 3. The van der Waals surface area contributed by atoms with Crippen molar-refractivity contribution >= 4 is 10.9 Å². The molecule has 0 spiro atoms. The second-order valence-electron chi connectivity index (χ2n) is 9.88. The number of para-hydroxylation sites is 2. The van der Waals surface area contributed by atoms with Gasteiger partial charge in [-0.05, 0) is 69.6 Å². The minimum Gasteiger partial charge on any atom is -0.369 e. The first-order valence-electron chi connectivity index (χ1n) is 12.6. The maximum Gasteiger partial charge on any atom is 0.0985 e. The summed E-state index contributed by atoms with van der Waals surface area (Å²) in [6.07, 6.45) is 4.29. The SMILES string of the molecule is CCC(CCC1OC(C)Cc2c1n(-c1ccccc1)c1ccccc21)(c1ccccc1)N(C)C. The van der Waals surface area contributed by atoms with Crippen molar-refractivity contribution in [3.8, 4) is 5.69 Å². The van der Waals surface area contributed by atoms with Crippen LogP contribution in [0, 0.1) is 0 Å². The van der Waals surface area contributed by atoms with Gasteiger partial charge in [0, 0.05) is 23.0 Å². The van der Waals surface area contributed by atoms with Crippen LogP contribution in [0.2, 0.25) is 0 Å². The molecule has 5 rings (SSSR count). The summed E-state index contributed by atoms with van der Waals surface area (Å²) in [5, 5.41) is 1.36. The van der Waals surface area contributed by atoms with E-state index in [1.807, 2.05) is 0 Å². The molecule has 0 saturated carbocycles. The van der Waals surface area contributed by atoms with E-state index in [0.717, 1.165) is 25.7 Å². The van der Waals surface area contributed by atoms with Gasteiger partial charge < -0.3 is 9.30 Å². The van der Waals surface area contributed by atoms with Crippen LogP contribution in [-0.4, -0.2) is 29.7 Å². The van der Waals surface area contributed by atoms with Crippen molar-refractivity contribution in [3.63, 3.8) is 0 Å². The predicted molar refractivity (Wildman–Crippen MR) is 142 cm³/mol. The molecular weight excluding hydrogens is 416 g/mol. The van der Waals surface area contributed by atoms with E-state index in [1.165, 1.54) is 33.4 Å². The Bertz CT molecular complexity index is 1240. The fraction of sp³-hybridized carbons (Fsp3) is 0.355. The molecular formula is C31H36N2O. The van der Waals surface area contributed by atoms with Crippen LogP contribution < -0.4 is 0 Å². The highest BCUT2D eigenvalue weighted by Crippen LogP contribution is 2.44. The van der Waals surface area contributed by atoms with Gasteiger partial charge in [-0.2, -0.15) is 0 Å². The molecule has 3 nitrogen and oxygen atoms in total. The van der Waals surface area contributed by atoms with Crippen LogP contribution in [0.25, 0.3) is 16.6 Å². The standard InChI is InChI=1S/C31H36N2O/c1-5-31(32(3)4,24-14-8-6-9-15-24)21-20-29-30-27(22-23(2)34-29)26-18-12-13-19-28(26)33(30)25-16-10-7-11-17-25/h6-19,23,29H,5,20-22H2,1-4H3. The van der Waals surface area contributed by atoms with Gasteiger partial charge in [-0.25, -0.2) is 0 Å². The minimum absolute atomic E-state index is 0.0188. The van der Waals surface area contributed by atoms with Gasteiger partial charge in [0.1, 0.15) is 0 Å². The van der Waals surface area contributed by atoms with Crippen LogP contribution in [0.3, 0.4) is 0 Å². The van der Waals surface area contributed by atoms with Gasteiger partial charge in [0.05, 0.1) is 23.4 Å². The molecule has 34 heavy (non-hydrogen) atoms. The monoisotopic (exact) mass is 452 g/mol. The summed E-state index contributed by atoms with van der Waals surface area (Å²) < 4.78 is 9.17. The van der Waals surface area contributed by atoms with Crippen molar-refractivity contribution in [1.29, 1.82) is 0 Å². The van der Waals surface area contributed by atoms with Gasteiger partial charge in [-0.3, -0.25) is 4.90 Å². The molecule has 1 aliphatic heterocycles. The van der Waals surface area contributed by atoms with Gasteiger partial charge >= 0.3 is 0 Å². The van der Waals surface area contributed by atoms with E-state index in [2.05, 4.69) is 122 Å². The number of ether oxygens (including phenoxy) is 1. The Morgan fingerprint density at radius 3 is 2.24 bits per heavy atom. The Morgan fingerprint density at radius 1 is 0.912 bits per heavy atom. The maximum absolute atomic E-state index is 6.72. The summed E-state index contributed by atoms with van der Waals surface area (Å²) in [7, 11) is 4.43. The highest BCUT2D eigenvalue weighted by molar-refractivity contribution is 5.87. The van der Waals surface area contributed by atoms with Crippen LogP contribution >= 0.6 is 0 Å². The summed E-state index contributed by atoms with van der Waals surface area (Å²) in [4.78, 5) is 2.41. The lowest BCUT2D eigenvalue weighted by Crippen LogP contribution is -2.41. The van der Waals surface area contributed by atoms with Crippen LogP contribution in [-0.2, 0) is 16.7 Å². The molecule has 0 radical (unpaired) electrons. The highest BCUT2D eigenvalue weighted by atomic mass is 16.5. The molecule has 3 atom stereocenters. The van der Waals surface area contributed by atoms with E-state index < -0.39 is 0 Å². The first-order valence-corrected chi connectivity index (χ1v) is 12.6. The number of benzene rings is 3. The van der Waals surface area contributed by atoms with Crippen molar-refractivity contribution < 1.29 is 4.74 Å². The maximum atomic E-state index is 6.72. The van der Waals surface area contributed by atoms with Gasteiger partial charge in [-0.1, -0.05) is 73.7 Å². The van der Waals surface area contributed by atoms with Gasteiger partial charge in [0.15, 0.2) is 0 Å². The zero-order valence-electron chi connectivity index (χ0n) is 20.9. The van der Waals surface area contributed by atoms with Gasteiger partial charge in [0.2, 0.25) is 0 Å². The highest BCUT2D eigenvalue weighted by Gasteiger charge is 2.37. The third kappa shape index (κ3) is 3.87. The van der Waals surface area contributed by atoms with E-state index in [0.29, 0.717) is 0 Å². The number of hydrogen-bond acceptors (Lipinski definition) is 2. The molecule has 4 aromatic rings. The normalized spacial score (nSPS) is 19.8. The van der Waals surface area contributed by atoms with E-state index in [-0.39, 0.29) is 17.7 Å². The Hall–Kier alpha value is -2.88. The smallest absolute Gasteiger partial charge is 0.0985 e. The van der Waals surface area contributed by atoms with E-state index in [4.69, 9.17) is 4.74 Å². The zero-order valence-corrected chi connectivity index (χ0v) is 20.9. The lowest BCUT2D eigenvalue weighted by atomic mass is 9.80. The minimum atomic E-state index is -0.0188.